The average Bonchev–Trinajstić information content (AvgIpc) is 2.71. The summed E-state index contributed by atoms with van der Waals surface area (Å²) in [6.45, 7) is 1.83. The molecule has 84 valence electrons. The van der Waals surface area contributed by atoms with Gasteiger partial charge >= 0.3 is 5.97 Å². The van der Waals surface area contributed by atoms with E-state index in [0.29, 0.717) is 5.90 Å². The Balaban J connectivity index is 2.17. The van der Waals surface area contributed by atoms with Gasteiger partial charge in [0.15, 0.2) is 0 Å². The molecule has 0 fully saturated rings. The van der Waals surface area contributed by atoms with Crippen LogP contribution < -0.4 is 0 Å². The summed E-state index contributed by atoms with van der Waals surface area (Å²) < 4.78 is 10.1. The molecule has 0 bridgehead atoms. The minimum absolute atomic E-state index is 0.206. The van der Waals surface area contributed by atoms with Crippen molar-refractivity contribution in [2.45, 2.75) is 19.1 Å². The van der Waals surface area contributed by atoms with E-state index in [9.17, 15) is 4.79 Å². The summed E-state index contributed by atoms with van der Waals surface area (Å²) in [7, 11) is 1.35. The summed E-state index contributed by atoms with van der Waals surface area (Å²) in [6, 6.07) is 9.30. The van der Waals surface area contributed by atoms with Gasteiger partial charge in [-0.15, -0.1) is 0 Å². The standard InChI is InChI=1S/C12H13NO3/c1-8-10(12(14)15-2)16-11(13-8)9-6-4-3-5-7-9/h3-8,10H,1-2H3/t8-,10+/m0/s1. The van der Waals surface area contributed by atoms with E-state index < -0.39 is 6.10 Å². The number of rotatable bonds is 2. The fourth-order valence-electron chi connectivity index (χ4n) is 1.59. The predicted molar refractivity (Wildman–Crippen MR) is 59.3 cm³/mol. The quantitative estimate of drug-likeness (QED) is 0.706. The van der Waals surface area contributed by atoms with E-state index in [0.717, 1.165) is 5.56 Å². The van der Waals surface area contributed by atoms with Crippen molar-refractivity contribution in [3.8, 4) is 0 Å². The molecule has 0 saturated heterocycles. The van der Waals surface area contributed by atoms with Gasteiger partial charge < -0.3 is 9.47 Å². The molecule has 1 heterocycles. The number of nitrogens with zero attached hydrogens (tertiary/aromatic N) is 1. The normalized spacial score (nSPS) is 23.5. The Morgan fingerprint density at radius 2 is 2.06 bits per heavy atom. The smallest absolute Gasteiger partial charge is 0.349 e. The third kappa shape index (κ3) is 1.91. The average molecular weight is 219 g/mol. The number of carbonyl (C=O) groups excluding carboxylic acids is 1. The summed E-state index contributed by atoms with van der Waals surface area (Å²) >= 11 is 0. The highest BCUT2D eigenvalue weighted by Gasteiger charge is 2.34. The molecule has 1 aromatic carbocycles. The van der Waals surface area contributed by atoms with Gasteiger partial charge in [-0.25, -0.2) is 9.79 Å². The number of benzene rings is 1. The molecule has 0 N–H and O–H groups in total. The van der Waals surface area contributed by atoms with Crippen molar-refractivity contribution >= 4 is 11.9 Å². The number of hydrogen-bond donors (Lipinski definition) is 0. The van der Waals surface area contributed by atoms with E-state index >= 15 is 0 Å². The van der Waals surface area contributed by atoms with Crippen LogP contribution >= 0.6 is 0 Å². The number of esters is 1. The van der Waals surface area contributed by atoms with Crippen molar-refractivity contribution in [3.05, 3.63) is 35.9 Å². The van der Waals surface area contributed by atoms with Crippen LogP contribution in [-0.4, -0.2) is 31.1 Å². The summed E-state index contributed by atoms with van der Waals surface area (Å²) in [5.41, 5.74) is 0.876. The van der Waals surface area contributed by atoms with Gasteiger partial charge in [-0.2, -0.15) is 0 Å². The SMILES string of the molecule is COC(=O)[C@@H]1OC(c2ccccc2)=N[C@H]1C. The Morgan fingerprint density at radius 3 is 2.69 bits per heavy atom. The van der Waals surface area contributed by atoms with E-state index in [1.54, 1.807) is 0 Å². The second kappa shape index (κ2) is 4.35. The van der Waals surface area contributed by atoms with Gasteiger partial charge in [0, 0.05) is 5.56 Å². The van der Waals surface area contributed by atoms with Crippen molar-refractivity contribution < 1.29 is 14.3 Å². The van der Waals surface area contributed by atoms with Crippen LogP contribution in [0.4, 0.5) is 0 Å². The molecular formula is C12H13NO3. The molecule has 2 rings (SSSR count). The molecule has 0 aliphatic carbocycles. The Morgan fingerprint density at radius 1 is 1.38 bits per heavy atom. The fraction of sp³-hybridized carbons (Fsp3) is 0.333. The van der Waals surface area contributed by atoms with E-state index in [4.69, 9.17) is 4.74 Å². The lowest BCUT2D eigenvalue weighted by Crippen LogP contribution is -2.31. The van der Waals surface area contributed by atoms with Crippen LogP contribution in [0.2, 0.25) is 0 Å². The van der Waals surface area contributed by atoms with Crippen LogP contribution in [0.15, 0.2) is 35.3 Å². The fourth-order valence-corrected chi connectivity index (χ4v) is 1.59. The molecule has 0 aromatic heterocycles. The van der Waals surface area contributed by atoms with Gasteiger partial charge in [-0.3, -0.25) is 0 Å². The van der Waals surface area contributed by atoms with Gasteiger partial charge in [0.2, 0.25) is 12.0 Å². The van der Waals surface area contributed by atoms with Crippen molar-refractivity contribution in [2.75, 3.05) is 7.11 Å². The lowest BCUT2D eigenvalue weighted by Gasteiger charge is -2.11. The highest BCUT2D eigenvalue weighted by atomic mass is 16.6. The van der Waals surface area contributed by atoms with Gasteiger partial charge in [0.25, 0.3) is 0 Å². The Bertz CT molecular complexity index is 414. The number of ether oxygens (including phenoxy) is 2. The van der Waals surface area contributed by atoms with Crippen LogP contribution in [-0.2, 0) is 14.3 Å². The number of carbonyl (C=O) groups is 1. The summed E-state index contributed by atoms with van der Waals surface area (Å²) in [4.78, 5) is 15.7. The molecule has 1 aliphatic rings. The molecule has 0 amide bonds. The molecule has 16 heavy (non-hydrogen) atoms. The lowest BCUT2D eigenvalue weighted by molar-refractivity contribution is -0.149. The molecule has 1 aromatic rings. The molecule has 4 nitrogen and oxygen atoms in total. The Kier molecular flexibility index (Phi) is 2.90. The van der Waals surface area contributed by atoms with E-state index in [2.05, 4.69) is 9.73 Å². The Hall–Kier alpha value is -1.84. The zero-order valence-corrected chi connectivity index (χ0v) is 9.21. The number of methoxy groups -OCH3 is 1. The first kappa shape index (κ1) is 10.7. The maximum absolute atomic E-state index is 11.4. The van der Waals surface area contributed by atoms with Gasteiger partial charge in [-0.1, -0.05) is 18.2 Å². The second-order valence-corrected chi connectivity index (χ2v) is 3.60. The highest BCUT2D eigenvalue weighted by molar-refractivity contribution is 5.97. The largest absolute Gasteiger partial charge is 0.466 e. The van der Waals surface area contributed by atoms with Crippen LogP contribution in [0.5, 0.6) is 0 Å². The first-order chi connectivity index (χ1) is 7.72. The first-order valence-corrected chi connectivity index (χ1v) is 5.10. The number of aliphatic imine (C=N–C) groups is 1. The van der Waals surface area contributed by atoms with E-state index in [1.165, 1.54) is 7.11 Å². The summed E-state index contributed by atoms with van der Waals surface area (Å²) in [6.07, 6.45) is -0.625. The monoisotopic (exact) mass is 219 g/mol. The molecule has 1 aliphatic heterocycles. The molecule has 0 radical (unpaired) electrons. The zero-order valence-electron chi connectivity index (χ0n) is 9.21. The van der Waals surface area contributed by atoms with E-state index in [-0.39, 0.29) is 12.0 Å². The lowest BCUT2D eigenvalue weighted by atomic mass is 10.2. The van der Waals surface area contributed by atoms with Crippen molar-refractivity contribution in [1.82, 2.24) is 0 Å². The molecule has 2 atom stereocenters. The maximum atomic E-state index is 11.4. The minimum atomic E-state index is -0.625. The molecule has 0 unspecified atom stereocenters. The van der Waals surface area contributed by atoms with Gasteiger partial charge in [0.1, 0.15) is 0 Å². The van der Waals surface area contributed by atoms with Crippen LogP contribution in [0.3, 0.4) is 0 Å². The topological polar surface area (TPSA) is 47.9 Å². The van der Waals surface area contributed by atoms with Crippen LogP contribution in [0.25, 0.3) is 0 Å². The zero-order chi connectivity index (χ0) is 11.5. The minimum Gasteiger partial charge on any atom is -0.466 e. The predicted octanol–water partition coefficient (Wildman–Crippen LogP) is 1.39. The summed E-state index contributed by atoms with van der Waals surface area (Å²) in [5, 5.41) is 0. The van der Waals surface area contributed by atoms with Crippen LogP contribution in [0, 0.1) is 0 Å². The first-order valence-electron chi connectivity index (χ1n) is 5.10. The third-order valence-corrected chi connectivity index (χ3v) is 2.45. The van der Waals surface area contributed by atoms with Crippen LogP contribution in [0.1, 0.15) is 12.5 Å². The molecule has 0 saturated carbocycles. The van der Waals surface area contributed by atoms with Crippen molar-refractivity contribution in [2.24, 2.45) is 4.99 Å². The Labute approximate surface area is 93.9 Å². The summed E-state index contributed by atoms with van der Waals surface area (Å²) in [5.74, 6) is 0.116. The van der Waals surface area contributed by atoms with Crippen molar-refractivity contribution in [1.29, 1.82) is 0 Å². The molecule has 4 heteroatoms. The van der Waals surface area contributed by atoms with Gasteiger partial charge in [0.05, 0.1) is 13.2 Å². The molecule has 0 spiro atoms. The van der Waals surface area contributed by atoms with Crippen molar-refractivity contribution in [3.63, 3.8) is 0 Å². The highest BCUT2D eigenvalue weighted by Crippen LogP contribution is 2.18. The van der Waals surface area contributed by atoms with E-state index in [1.807, 2.05) is 37.3 Å². The second-order valence-electron chi connectivity index (χ2n) is 3.60. The maximum Gasteiger partial charge on any atom is 0.349 e. The van der Waals surface area contributed by atoms with Gasteiger partial charge in [-0.05, 0) is 19.1 Å². The number of hydrogen-bond acceptors (Lipinski definition) is 4. The third-order valence-electron chi connectivity index (χ3n) is 2.45. The molecular weight excluding hydrogens is 206 g/mol.